The lowest BCUT2D eigenvalue weighted by Crippen LogP contribution is -2.31. The summed E-state index contributed by atoms with van der Waals surface area (Å²) in [5.41, 5.74) is 6.08. The second-order valence-electron chi connectivity index (χ2n) is 8.34. The Hall–Kier alpha value is -1.27. The van der Waals surface area contributed by atoms with E-state index in [1.54, 1.807) is 0 Å². The molecule has 0 radical (unpaired) electrons. The van der Waals surface area contributed by atoms with Crippen LogP contribution in [0.3, 0.4) is 0 Å². The Kier molecular flexibility index (Phi) is 3.97. The molecule has 2 rings (SSSR count). The highest BCUT2D eigenvalue weighted by Gasteiger charge is 2.43. The van der Waals surface area contributed by atoms with Crippen LogP contribution in [0, 0.1) is 28.7 Å². The number of carboxylic acid groups (broad SMARTS) is 1. The van der Waals surface area contributed by atoms with Gasteiger partial charge in [0.25, 0.3) is 0 Å². The molecular weight excluding hydrogens is 276 g/mol. The highest BCUT2D eigenvalue weighted by Crippen LogP contribution is 2.52. The average molecular weight is 302 g/mol. The van der Waals surface area contributed by atoms with E-state index in [9.17, 15) is 9.90 Å². The van der Waals surface area contributed by atoms with Gasteiger partial charge in [-0.25, -0.2) is 4.79 Å². The first kappa shape index (κ1) is 16.1. The first-order valence-electron chi connectivity index (χ1n) is 7.70. The molecule has 2 nitrogen and oxygen atoms in total. The predicted molar refractivity (Wildman–Crippen MR) is 89.5 cm³/mol. The molecule has 0 aromatic rings. The van der Waals surface area contributed by atoms with Crippen molar-refractivity contribution in [2.45, 2.75) is 53.3 Å². The molecule has 1 fully saturated rings. The Morgan fingerprint density at radius 3 is 2.38 bits per heavy atom. The number of allylic oxidation sites excluding steroid dienone is 3. The molecule has 0 unspecified atom stereocenters. The molecule has 1 saturated carbocycles. The standard InChI is InChI=1S/C18H26O2Si/c1-18(2,3)16(17(19)20)15-11-13-9-12(10-14(13)15)7-8-21(4,5)6/h10,13-14H,9,11H2,1-6H3,(H,19,20)/b16-15-/t13-,14-/m1/s1. The van der Waals surface area contributed by atoms with Crippen LogP contribution in [-0.2, 0) is 4.79 Å². The summed E-state index contributed by atoms with van der Waals surface area (Å²) < 4.78 is 0. The lowest BCUT2D eigenvalue weighted by molar-refractivity contribution is -0.133. The Bertz CT molecular complexity index is 585. The number of fused-ring (bicyclic) bond motifs is 1. The van der Waals surface area contributed by atoms with Gasteiger partial charge in [0.05, 0.1) is 0 Å². The number of rotatable bonds is 1. The van der Waals surface area contributed by atoms with Gasteiger partial charge in [-0.2, -0.15) is 0 Å². The van der Waals surface area contributed by atoms with E-state index in [0.29, 0.717) is 17.4 Å². The monoisotopic (exact) mass is 302 g/mol. The Morgan fingerprint density at radius 1 is 1.29 bits per heavy atom. The zero-order chi connectivity index (χ0) is 16.0. The van der Waals surface area contributed by atoms with Crippen LogP contribution in [-0.4, -0.2) is 19.1 Å². The van der Waals surface area contributed by atoms with E-state index in [4.69, 9.17) is 0 Å². The molecule has 0 aromatic heterocycles. The summed E-state index contributed by atoms with van der Waals surface area (Å²) in [6.45, 7) is 12.7. The number of hydrogen-bond acceptors (Lipinski definition) is 1. The molecule has 0 bridgehead atoms. The number of carboxylic acids is 1. The quantitative estimate of drug-likeness (QED) is 0.446. The summed E-state index contributed by atoms with van der Waals surface area (Å²) in [4.78, 5) is 11.6. The molecule has 2 aliphatic carbocycles. The van der Waals surface area contributed by atoms with Crippen LogP contribution in [0.1, 0.15) is 33.6 Å². The Morgan fingerprint density at radius 2 is 1.90 bits per heavy atom. The number of carbonyl (C=O) groups is 1. The minimum absolute atomic E-state index is 0.299. The van der Waals surface area contributed by atoms with E-state index >= 15 is 0 Å². The summed E-state index contributed by atoms with van der Waals surface area (Å²) in [5, 5.41) is 9.54. The fraction of sp³-hybridized carbons (Fsp3) is 0.611. The minimum atomic E-state index is -1.34. The van der Waals surface area contributed by atoms with Crippen molar-refractivity contribution in [3.05, 3.63) is 22.8 Å². The maximum Gasteiger partial charge on any atom is 0.332 e. The van der Waals surface area contributed by atoms with Crippen molar-refractivity contribution in [3.8, 4) is 11.5 Å². The van der Waals surface area contributed by atoms with Gasteiger partial charge in [-0.15, -0.1) is 5.54 Å². The summed E-state index contributed by atoms with van der Waals surface area (Å²) in [5.74, 6) is 3.50. The van der Waals surface area contributed by atoms with Gasteiger partial charge in [0.15, 0.2) is 0 Å². The Labute approximate surface area is 129 Å². The molecule has 21 heavy (non-hydrogen) atoms. The lowest BCUT2D eigenvalue weighted by atomic mass is 9.65. The minimum Gasteiger partial charge on any atom is -0.478 e. The number of hydrogen-bond donors (Lipinski definition) is 1. The van der Waals surface area contributed by atoms with Crippen molar-refractivity contribution in [2.75, 3.05) is 0 Å². The molecule has 114 valence electrons. The van der Waals surface area contributed by atoms with E-state index in [0.717, 1.165) is 18.4 Å². The molecule has 0 amide bonds. The average Bonchev–Trinajstić information content (AvgIpc) is 2.57. The van der Waals surface area contributed by atoms with E-state index in [1.807, 2.05) is 20.8 Å². The van der Waals surface area contributed by atoms with Gasteiger partial charge >= 0.3 is 5.97 Å². The van der Waals surface area contributed by atoms with Crippen LogP contribution in [0.15, 0.2) is 22.8 Å². The van der Waals surface area contributed by atoms with Gasteiger partial charge in [-0.1, -0.05) is 58.0 Å². The third-order valence-corrected chi connectivity index (χ3v) is 5.01. The first-order chi connectivity index (χ1) is 9.49. The van der Waals surface area contributed by atoms with Crippen molar-refractivity contribution in [1.82, 2.24) is 0 Å². The van der Waals surface area contributed by atoms with Crippen LogP contribution >= 0.6 is 0 Å². The molecule has 3 heteroatoms. The van der Waals surface area contributed by atoms with Crippen LogP contribution < -0.4 is 0 Å². The van der Waals surface area contributed by atoms with Crippen LogP contribution in [0.2, 0.25) is 19.6 Å². The van der Waals surface area contributed by atoms with Gasteiger partial charge in [0.1, 0.15) is 8.07 Å². The summed E-state index contributed by atoms with van der Waals surface area (Å²) >= 11 is 0. The molecular formula is C18H26O2Si. The Balaban J connectivity index is 2.29. The molecule has 0 aromatic carbocycles. The predicted octanol–water partition coefficient (Wildman–Crippen LogP) is 4.26. The van der Waals surface area contributed by atoms with Gasteiger partial charge in [0, 0.05) is 11.5 Å². The SMILES string of the molecule is CC(C)(C)/C(C(=O)O)=C1/C[C@H]2CC(C#C[Si](C)(C)C)=C[C@@H]12. The fourth-order valence-electron chi connectivity index (χ4n) is 3.24. The maximum atomic E-state index is 11.6. The molecule has 0 heterocycles. The van der Waals surface area contributed by atoms with Crippen molar-refractivity contribution in [3.63, 3.8) is 0 Å². The molecule has 0 spiro atoms. The van der Waals surface area contributed by atoms with E-state index in [1.165, 1.54) is 5.57 Å². The van der Waals surface area contributed by atoms with Crippen molar-refractivity contribution in [1.29, 1.82) is 0 Å². The van der Waals surface area contributed by atoms with Crippen molar-refractivity contribution < 1.29 is 9.90 Å². The van der Waals surface area contributed by atoms with Crippen LogP contribution in [0.4, 0.5) is 0 Å². The fourth-order valence-corrected chi connectivity index (χ4v) is 3.78. The second kappa shape index (κ2) is 5.17. The molecule has 2 atom stereocenters. The van der Waals surface area contributed by atoms with Gasteiger partial charge in [-0.05, 0) is 29.7 Å². The van der Waals surface area contributed by atoms with Gasteiger partial charge in [0.2, 0.25) is 0 Å². The second-order valence-corrected chi connectivity index (χ2v) is 13.1. The molecule has 1 N–H and O–H groups in total. The first-order valence-corrected chi connectivity index (χ1v) is 11.2. The largest absolute Gasteiger partial charge is 0.478 e. The van der Waals surface area contributed by atoms with Gasteiger partial charge < -0.3 is 5.11 Å². The maximum absolute atomic E-state index is 11.6. The van der Waals surface area contributed by atoms with E-state index < -0.39 is 14.0 Å². The summed E-state index contributed by atoms with van der Waals surface area (Å²) in [6.07, 6.45) is 4.19. The highest BCUT2D eigenvalue weighted by molar-refractivity contribution is 6.83. The summed E-state index contributed by atoms with van der Waals surface area (Å²) in [6, 6.07) is 0. The van der Waals surface area contributed by atoms with Crippen LogP contribution in [0.25, 0.3) is 0 Å². The van der Waals surface area contributed by atoms with Crippen LogP contribution in [0.5, 0.6) is 0 Å². The lowest BCUT2D eigenvalue weighted by Gasteiger charge is -2.38. The van der Waals surface area contributed by atoms with Crippen molar-refractivity contribution in [2.24, 2.45) is 17.3 Å². The highest BCUT2D eigenvalue weighted by atomic mass is 28.3. The smallest absolute Gasteiger partial charge is 0.332 e. The van der Waals surface area contributed by atoms with Crippen molar-refractivity contribution >= 4 is 14.0 Å². The topological polar surface area (TPSA) is 37.3 Å². The number of aliphatic carboxylic acids is 1. The van der Waals surface area contributed by atoms with E-state index in [-0.39, 0.29) is 5.41 Å². The third kappa shape index (κ3) is 3.49. The normalized spacial score (nSPS) is 27.0. The zero-order valence-corrected chi connectivity index (χ0v) is 15.0. The van der Waals surface area contributed by atoms with E-state index in [2.05, 4.69) is 37.2 Å². The summed E-state index contributed by atoms with van der Waals surface area (Å²) in [7, 11) is -1.34. The third-order valence-electron chi connectivity index (χ3n) is 4.14. The van der Waals surface area contributed by atoms with Gasteiger partial charge in [-0.3, -0.25) is 0 Å². The molecule has 0 saturated heterocycles. The zero-order valence-electron chi connectivity index (χ0n) is 14.0. The molecule has 2 aliphatic rings. The molecule has 0 aliphatic heterocycles.